The van der Waals surface area contributed by atoms with Crippen molar-refractivity contribution in [1.82, 2.24) is 16.2 Å². The third kappa shape index (κ3) is 6.21. The van der Waals surface area contributed by atoms with Crippen molar-refractivity contribution in [3.63, 3.8) is 0 Å². The third-order valence-corrected chi connectivity index (χ3v) is 3.44. The molecule has 0 unspecified atom stereocenters. The van der Waals surface area contributed by atoms with Gasteiger partial charge in [0.1, 0.15) is 17.3 Å². The number of para-hydroxylation sites is 1. The van der Waals surface area contributed by atoms with E-state index < -0.39 is 11.9 Å². The molecule has 0 saturated carbocycles. The van der Waals surface area contributed by atoms with Gasteiger partial charge in [0.25, 0.3) is 5.91 Å². The number of rotatable bonds is 7. The lowest BCUT2D eigenvalue weighted by atomic mass is 10.2. The van der Waals surface area contributed by atoms with Crippen molar-refractivity contribution in [2.24, 2.45) is 0 Å². The highest BCUT2D eigenvalue weighted by Crippen LogP contribution is 2.12. The number of carbonyl (C=O) groups is 2. The van der Waals surface area contributed by atoms with E-state index in [2.05, 4.69) is 16.2 Å². The summed E-state index contributed by atoms with van der Waals surface area (Å²) in [5.41, 5.74) is 5.05. The standard InChI is InChI=1S/C18H23N3O4/c1-13-12-16(14(2)25-13)17(22)20-21-18(23)19-10-6-7-11-24-15-8-4-3-5-9-15/h3-5,8-9,12H,6-7,10-11H2,1-2H3,(H,20,22)(H2,19,21,23). The molecular formula is C18H23N3O4. The molecule has 7 heteroatoms. The molecular weight excluding hydrogens is 322 g/mol. The number of hydrazine groups is 1. The van der Waals surface area contributed by atoms with Gasteiger partial charge >= 0.3 is 6.03 Å². The van der Waals surface area contributed by atoms with Crippen LogP contribution in [0.5, 0.6) is 5.75 Å². The number of unbranched alkanes of at least 4 members (excludes halogenated alkanes) is 1. The molecule has 0 bridgehead atoms. The number of hydrogen-bond donors (Lipinski definition) is 3. The lowest BCUT2D eigenvalue weighted by molar-refractivity contribution is 0.0934. The van der Waals surface area contributed by atoms with Gasteiger partial charge in [-0.25, -0.2) is 10.2 Å². The van der Waals surface area contributed by atoms with Gasteiger partial charge in [-0.1, -0.05) is 18.2 Å². The van der Waals surface area contributed by atoms with Crippen molar-refractivity contribution in [2.45, 2.75) is 26.7 Å². The maximum atomic E-state index is 11.9. The van der Waals surface area contributed by atoms with E-state index in [-0.39, 0.29) is 0 Å². The Morgan fingerprint density at radius 2 is 1.84 bits per heavy atom. The predicted octanol–water partition coefficient (Wildman–Crippen LogP) is 2.70. The van der Waals surface area contributed by atoms with Gasteiger partial charge in [-0.2, -0.15) is 0 Å². The highest BCUT2D eigenvalue weighted by atomic mass is 16.5. The van der Waals surface area contributed by atoms with Crippen molar-refractivity contribution in [3.05, 3.63) is 53.5 Å². The SMILES string of the molecule is Cc1cc(C(=O)NNC(=O)NCCCCOc2ccccc2)c(C)o1. The summed E-state index contributed by atoms with van der Waals surface area (Å²) >= 11 is 0. The van der Waals surface area contributed by atoms with Crippen LogP contribution in [0.2, 0.25) is 0 Å². The molecule has 0 aliphatic carbocycles. The van der Waals surface area contributed by atoms with Gasteiger partial charge in [0.2, 0.25) is 0 Å². The first-order valence-corrected chi connectivity index (χ1v) is 8.15. The van der Waals surface area contributed by atoms with Gasteiger partial charge in [0.05, 0.1) is 12.2 Å². The zero-order valence-electron chi connectivity index (χ0n) is 14.4. The highest BCUT2D eigenvalue weighted by molar-refractivity contribution is 5.96. The van der Waals surface area contributed by atoms with E-state index in [1.54, 1.807) is 19.9 Å². The second-order valence-electron chi connectivity index (χ2n) is 5.53. The quantitative estimate of drug-likeness (QED) is 0.531. The fourth-order valence-electron chi connectivity index (χ4n) is 2.22. The molecule has 0 spiro atoms. The summed E-state index contributed by atoms with van der Waals surface area (Å²) in [4.78, 5) is 23.5. The van der Waals surface area contributed by atoms with Crippen LogP contribution in [-0.2, 0) is 0 Å². The van der Waals surface area contributed by atoms with E-state index in [9.17, 15) is 9.59 Å². The molecule has 0 aliphatic rings. The molecule has 7 nitrogen and oxygen atoms in total. The molecule has 134 valence electrons. The Morgan fingerprint density at radius 3 is 2.52 bits per heavy atom. The van der Waals surface area contributed by atoms with Gasteiger partial charge in [-0.05, 0) is 44.9 Å². The van der Waals surface area contributed by atoms with Gasteiger partial charge in [-0.15, -0.1) is 0 Å². The number of hydrogen-bond acceptors (Lipinski definition) is 4. The summed E-state index contributed by atoms with van der Waals surface area (Å²) in [5.74, 6) is 1.57. The van der Waals surface area contributed by atoms with Crippen molar-refractivity contribution in [1.29, 1.82) is 0 Å². The first-order chi connectivity index (χ1) is 12.1. The molecule has 25 heavy (non-hydrogen) atoms. The van der Waals surface area contributed by atoms with Crippen molar-refractivity contribution >= 4 is 11.9 Å². The largest absolute Gasteiger partial charge is 0.494 e. The second-order valence-corrected chi connectivity index (χ2v) is 5.53. The van der Waals surface area contributed by atoms with Crippen LogP contribution in [0.15, 0.2) is 40.8 Å². The molecule has 3 N–H and O–H groups in total. The van der Waals surface area contributed by atoms with Crippen LogP contribution in [0, 0.1) is 13.8 Å². The summed E-state index contributed by atoms with van der Waals surface area (Å²) in [5, 5.41) is 2.66. The molecule has 2 rings (SSSR count). The summed E-state index contributed by atoms with van der Waals surface area (Å²) in [6.45, 7) is 4.53. The highest BCUT2D eigenvalue weighted by Gasteiger charge is 2.13. The van der Waals surface area contributed by atoms with Gasteiger partial charge in [-0.3, -0.25) is 10.2 Å². The van der Waals surface area contributed by atoms with E-state index in [1.807, 2.05) is 30.3 Å². The maximum absolute atomic E-state index is 11.9. The van der Waals surface area contributed by atoms with Crippen LogP contribution in [0.1, 0.15) is 34.7 Å². The number of carbonyl (C=O) groups excluding carboxylic acids is 2. The summed E-state index contributed by atoms with van der Waals surface area (Å²) < 4.78 is 10.8. The lowest BCUT2D eigenvalue weighted by Crippen LogP contribution is -2.47. The number of amides is 3. The Hall–Kier alpha value is -2.96. The molecule has 0 fully saturated rings. The monoisotopic (exact) mass is 345 g/mol. The molecule has 0 atom stereocenters. The molecule has 0 radical (unpaired) electrons. The predicted molar refractivity (Wildman–Crippen MR) is 93.4 cm³/mol. The maximum Gasteiger partial charge on any atom is 0.333 e. The van der Waals surface area contributed by atoms with Crippen LogP contribution < -0.4 is 20.9 Å². The summed E-state index contributed by atoms with van der Waals surface area (Å²) in [6.07, 6.45) is 1.59. The van der Waals surface area contributed by atoms with Crippen molar-refractivity contribution in [2.75, 3.05) is 13.2 Å². The number of urea groups is 1. The average Bonchev–Trinajstić information content (AvgIpc) is 2.95. The molecule has 1 aromatic heterocycles. The fourth-order valence-corrected chi connectivity index (χ4v) is 2.22. The number of furan rings is 1. The lowest BCUT2D eigenvalue weighted by Gasteiger charge is -2.09. The minimum absolute atomic E-state index is 0.399. The van der Waals surface area contributed by atoms with Gasteiger partial charge in [0, 0.05) is 6.54 Å². The second kappa shape index (κ2) is 9.36. The topological polar surface area (TPSA) is 92.6 Å². The molecule has 2 aromatic rings. The van der Waals surface area contributed by atoms with Crippen LogP contribution >= 0.6 is 0 Å². The number of benzene rings is 1. The minimum atomic E-state index is -0.463. The summed E-state index contributed by atoms with van der Waals surface area (Å²) in [7, 11) is 0. The Balaban J connectivity index is 1.55. The van der Waals surface area contributed by atoms with Crippen LogP contribution in [0.25, 0.3) is 0 Å². The Morgan fingerprint density at radius 1 is 1.08 bits per heavy atom. The number of aryl methyl sites for hydroxylation is 2. The van der Waals surface area contributed by atoms with Crippen molar-refractivity contribution in [3.8, 4) is 5.75 Å². The van der Waals surface area contributed by atoms with Gasteiger partial charge < -0.3 is 14.5 Å². The molecule has 1 aromatic carbocycles. The van der Waals surface area contributed by atoms with E-state index in [1.165, 1.54) is 0 Å². The minimum Gasteiger partial charge on any atom is -0.494 e. The van der Waals surface area contributed by atoms with E-state index >= 15 is 0 Å². The Bertz CT molecular complexity index is 698. The first kappa shape index (κ1) is 18.4. The third-order valence-electron chi connectivity index (χ3n) is 3.44. The zero-order valence-corrected chi connectivity index (χ0v) is 14.4. The van der Waals surface area contributed by atoms with Crippen LogP contribution in [0.3, 0.4) is 0 Å². The zero-order chi connectivity index (χ0) is 18.1. The van der Waals surface area contributed by atoms with Crippen LogP contribution in [0.4, 0.5) is 4.79 Å². The number of nitrogens with one attached hydrogen (secondary N) is 3. The number of ether oxygens (including phenoxy) is 1. The Kier molecular flexibility index (Phi) is 6.88. The van der Waals surface area contributed by atoms with E-state index in [4.69, 9.17) is 9.15 Å². The fraction of sp³-hybridized carbons (Fsp3) is 0.333. The van der Waals surface area contributed by atoms with Crippen LogP contribution in [-0.4, -0.2) is 25.1 Å². The average molecular weight is 345 g/mol. The Labute approximate surface area is 146 Å². The van der Waals surface area contributed by atoms with Gasteiger partial charge in [0.15, 0.2) is 0 Å². The van der Waals surface area contributed by atoms with Crippen molar-refractivity contribution < 1.29 is 18.7 Å². The summed E-state index contributed by atoms with van der Waals surface area (Å²) in [6, 6.07) is 10.7. The molecule has 1 heterocycles. The smallest absolute Gasteiger partial charge is 0.333 e. The normalized spacial score (nSPS) is 10.2. The molecule has 3 amide bonds. The molecule has 0 aliphatic heterocycles. The first-order valence-electron chi connectivity index (χ1n) is 8.15. The van der Waals surface area contributed by atoms with E-state index in [0.29, 0.717) is 30.2 Å². The van der Waals surface area contributed by atoms with E-state index in [0.717, 1.165) is 18.6 Å². The molecule has 0 saturated heterocycles.